The molecule has 2 aromatic rings. The molecule has 0 saturated carbocycles. The zero-order valence-corrected chi connectivity index (χ0v) is 12.9. The minimum Gasteiger partial charge on any atom is -0.493 e. The van der Waals surface area contributed by atoms with E-state index < -0.39 is 0 Å². The van der Waals surface area contributed by atoms with Crippen LogP contribution in [0, 0.1) is 6.92 Å². The second-order valence-corrected chi connectivity index (χ2v) is 5.34. The number of benzene rings is 2. The van der Waals surface area contributed by atoms with Crippen molar-refractivity contribution in [3.05, 3.63) is 59.2 Å². The molecule has 0 fully saturated rings. The standard InChI is InChI=1S/C18H23NO2/c1-13-4-6-14(7-5-13)10-16(19)11-15-8-9-17(20-2)18(12-15)21-3/h4-9,12,16H,10-11,19H2,1-3H3. The van der Waals surface area contributed by atoms with Gasteiger partial charge in [-0.05, 0) is 43.0 Å². The zero-order chi connectivity index (χ0) is 15.2. The van der Waals surface area contributed by atoms with Gasteiger partial charge in [-0.25, -0.2) is 0 Å². The van der Waals surface area contributed by atoms with Crippen molar-refractivity contribution in [1.82, 2.24) is 0 Å². The second-order valence-electron chi connectivity index (χ2n) is 5.34. The summed E-state index contributed by atoms with van der Waals surface area (Å²) in [6.45, 7) is 2.09. The van der Waals surface area contributed by atoms with Crippen LogP contribution in [-0.4, -0.2) is 20.3 Å². The number of ether oxygens (including phenoxy) is 2. The van der Waals surface area contributed by atoms with Gasteiger partial charge in [-0.1, -0.05) is 35.9 Å². The Bertz CT molecular complexity index is 578. The summed E-state index contributed by atoms with van der Waals surface area (Å²) in [4.78, 5) is 0. The summed E-state index contributed by atoms with van der Waals surface area (Å²) in [5.74, 6) is 1.49. The van der Waals surface area contributed by atoms with Crippen molar-refractivity contribution in [3.63, 3.8) is 0 Å². The maximum Gasteiger partial charge on any atom is 0.160 e. The molecular weight excluding hydrogens is 262 g/mol. The predicted molar refractivity (Wildman–Crippen MR) is 86.1 cm³/mol. The van der Waals surface area contributed by atoms with Crippen molar-refractivity contribution in [3.8, 4) is 11.5 Å². The zero-order valence-electron chi connectivity index (χ0n) is 12.9. The average molecular weight is 285 g/mol. The molecular formula is C18H23NO2. The third kappa shape index (κ3) is 4.23. The Morgan fingerprint density at radius 1 is 0.857 bits per heavy atom. The van der Waals surface area contributed by atoms with Gasteiger partial charge in [-0.2, -0.15) is 0 Å². The number of nitrogens with two attached hydrogens (primary N) is 1. The molecule has 112 valence electrons. The van der Waals surface area contributed by atoms with E-state index in [0.717, 1.165) is 29.9 Å². The van der Waals surface area contributed by atoms with Crippen molar-refractivity contribution in [1.29, 1.82) is 0 Å². The van der Waals surface area contributed by atoms with Crippen molar-refractivity contribution in [2.24, 2.45) is 5.73 Å². The van der Waals surface area contributed by atoms with Gasteiger partial charge in [0.25, 0.3) is 0 Å². The summed E-state index contributed by atoms with van der Waals surface area (Å²) in [7, 11) is 3.29. The molecule has 0 saturated heterocycles. The van der Waals surface area contributed by atoms with Crippen LogP contribution in [0.5, 0.6) is 11.5 Å². The number of methoxy groups -OCH3 is 2. The van der Waals surface area contributed by atoms with E-state index >= 15 is 0 Å². The van der Waals surface area contributed by atoms with E-state index in [-0.39, 0.29) is 6.04 Å². The molecule has 2 N–H and O–H groups in total. The number of rotatable bonds is 6. The normalized spacial score (nSPS) is 12.0. The summed E-state index contributed by atoms with van der Waals surface area (Å²) < 4.78 is 10.6. The highest BCUT2D eigenvalue weighted by molar-refractivity contribution is 5.43. The Kier molecular flexibility index (Phi) is 5.23. The van der Waals surface area contributed by atoms with E-state index in [0.29, 0.717) is 0 Å². The lowest BCUT2D eigenvalue weighted by atomic mass is 9.99. The van der Waals surface area contributed by atoms with Gasteiger partial charge in [0.1, 0.15) is 0 Å². The minimum absolute atomic E-state index is 0.0887. The highest BCUT2D eigenvalue weighted by Gasteiger charge is 2.09. The molecule has 0 bridgehead atoms. The van der Waals surface area contributed by atoms with Crippen LogP contribution >= 0.6 is 0 Å². The van der Waals surface area contributed by atoms with Crippen molar-refractivity contribution in [2.45, 2.75) is 25.8 Å². The lowest BCUT2D eigenvalue weighted by Crippen LogP contribution is -2.25. The minimum atomic E-state index is 0.0887. The Morgan fingerprint density at radius 3 is 2.05 bits per heavy atom. The fourth-order valence-electron chi connectivity index (χ4n) is 2.41. The van der Waals surface area contributed by atoms with Crippen molar-refractivity contribution >= 4 is 0 Å². The summed E-state index contributed by atoms with van der Waals surface area (Å²) in [5, 5.41) is 0. The Labute approximate surface area is 126 Å². The van der Waals surface area contributed by atoms with E-state index in [4.69, 9.17) is 15.2 Å². The summed E-state index contributed by atoms with van der Waals surface area (Å²) in [6, 6.07) is 14.6. The molecule has 3 nitrogen and oxygen atoms in total. The topological polar surface area (TPSA) is 44.5 Å². The van der Waals surface area contributed by atoms with Crippen LogP contribution in [0.2, 0.25) is 0 Å². The van der Waals surface area contributed by atoms with E-state index in [1.54, 1.807) is 14.2 Å². The van der Waals surface area contributed by atoms with E-state index in [1.807, 2.05) is 18.2 Å². The van der Waals surface area contributed by atoms with Crippen molar-refractivity contribution in [2.75, 3.05) is 14.2 Å². The first kappa shape index (κ1) is 15.4. The van der Waals surface area contributed by atoms with Crippen LogP contribution in [0.25, 0.3) is 0 Å². The maximum atomic E-state index is 6.27. The molecule has 1 atom stereocenters. The number of hydrogen-bond acceptors (Lipinski definition) is 3. The maximum absolute atomic E-state index is 6.27. The summed E-state index contributed by atoms with van der Waals surface area (Å²) >= 11 is 0. The predicted octanol–water partition coefficient (Wildman–Crippen LogP) is 3.12. The van der Waals surface area contributed by atoms with Gasteiger partial charge in [0.05, 0.1) is 14.2 Å². The summed E-state index contributed by atoms with van der Waals surface area (Å²) in [6.07, 6.45) is 1.68. The lowest BCUT2D eigenvalue weighted by molar-refractivity contribution is 0.354. The number of aryl methyl sites for hydroxylation is 1. The molecule has 0 aliphatic carbocycles. The third-order valence-electron chi connectivity index (χ3n) is 3.56. The monoisotopic (exact) mass is 285 g/mol. The Balaban J connectivity index is 2.02. The first-order valence-corrected chi connectivity index (χ1v) is 7.14. The summed E-state index contributed by atoms with van der Waals surface area (Å²) in [5.41, 5.74) is 9.97. The molecule has 0 aliphatic rings. The highest BCUT2D eigenvalue weighted by Crippen LogP contribution is 2.28. The average Bonchev–Trinajstić information content (AvgIpc) is 2.49. The van der Waals surface area contributed by atoms with Gasteiger partial charge >= 0.3 is 0 Å². The van der Waals surface area contributed by atoms with Crippen LogP contribution in [0.1, 0.15) is 16.7 Å². The largest absolute Gasteiger partial charge is 0.493 e. The fraction of sp³-hybridized carbons (Fsp3) is 0.333. The van der Waals surface area contributed by atoms with Crippen molar-refractivity contribution < 1.29 is 9.47 Å². The molecule has 0 radical (unpaired) electrons. The fourth-order valence-corrected chi connectivity index (χ4v) is 2.41. The molecule has 0 amide bonds. The Hall–Kier alpha value is -2.00. The lowest BCUT2D eigenvalue weighted by Gasteiger charge is -2.14. The van der Waals surface area contributed by atoms with Gasteiger partial charge in [0, 0.05) is 6.04 Å². The van der Waals surface area contributed by atoms with Gasteiger partial charge in [0.2, 0.25) is 0 Å². The molecule has 3 heteroatoms. The van der Waals surface area contributed by atoms with Gasteiger partial charge in [-0.15, -0.1) is 0 Å². The van der Waals surface area contributed by atoms with Gasteiger partial charge in [-0.3, -0.25) is 0 Å². The molecule has 0 spiro atoms. The molecule has 2 rings (SSSR count). The van der Waals surface area contributed by atoms with Crippen LogP contribution in [0.15, 0.2) is 42.5 Å². The second kappa shape index (κ2) is 7.14. The van der Waals surface area contributed by atoms with E-state index in [1.165, 1.54) is 11.1 Å². The number of hydrogen-bond donors (Lipinski definition) is 1. The molecule has 1 unspecified atom stereocenters. The molecule has 2 aromatic carbocycles. The SMILES string of the molecule is COc1ccc(CC(N)Cc2ccc(C)cc2)cc1OC. The van der Waals surface area contributed by atoms with Gasteiger partial charge in [0.15, 0.2) is 11.5 Å². The van der Waals surface area contributed by atoms with Crippen LogP contribution in [0.4, 0.5) is 0 Å². The van der Waals surface area contributed by atoms with Crippen LogP contribution < -0.4 is 15.2 Å². The van der Waals surface area contributed by atoms with Crippen LogP contribution in [0.3, 0.4) is 0 Å². The highest BCUT2D eigenvalue weighted by atomic mass is 16.5. The quantitative estimate of drug-likeness (QED) is 0.887. The molecule has 0 aromatic heterocycles. The first-order valence-electron chi connectivity index (χ1n) is 7.14. The first-order chi connectivity index (χ1) is 10.1. The molecule has 0 heterocycles. The third-order valence-corrected chi connectivity index (χ3v) is 3.56. The van der Waals surface area contributed by atoms with Gasteiger partial charge < -0.3 is 15.2 Å². The molecule has 0 aliphatic heterocycles. The van der Waals surface area contributed by atoms with E-state index in [2.05, 4.69) is 31.2 Å². The smallest absolute Gasteiger partial charge is 0.160 e. The van der Waals surface area contributed by atoms with E-state index in [9.17, 15) is 0 Å². The molecule has 21 heavy (non-hydrogen) atoms. The van der Waals surface area contributed by atoms with Crippen LogP contribution in [-0.2, 0) is 12.8 Å². The Morgan fingerprint density at radius 2 is 1.43 bits per heavy atom.